The van der Waals surface area contributed by atoms with Crippen LogP contribution in [0.15, 0.2) is 18.2 Å². The number of nitrogens with one attached hydrogen (secondary N) is 1. The van der Waals surface area contributed by atoms with E-state index in [9.17, 15) is 19.7 Å². The number of rotatable bonds is 4. The average molecular weight is 278 g/mol. The number of imide groups is 1. The summed E-state index contributed by atoms with van der Waals surface area (Å²) >= 11 is 0. The number of nitrogens with zero attached hydrogens (tertiary/aromatic N) is 2. The van der Waals surface area contributed by atoms with Crippen LogP contribution in [0.4, 0.5) is 11.4 Å². The van der Waals surface area contributed by atoms with Gasteiger partial charge in [0, 0.05) is 18.4 Å². The molecule has 1 fully saturated rings. The molecule has 0 aliphatic carbocycles. The van der Waals surface area contributed by atoms with Gasteiger partial charge in [-0.3, -0.25) is 30.4 Å². The molecular weight excluding hydrogens is 264 g/mol. The van der Waals surface area contributed by atoms with Crippen LogP contribution in [0.5, 0.6) is 0 Å². The largest absolute Gasteiger partial charge is 0.318 e. The molecule has 3 N–H and O–H groups in total. The van der Waals surface area contributed by atoms with Crippen LogP contribution in [-0.4, -0.2) is 21.6 Å². The summed E-state index contributed by atoms with van der Waals surface area (Å²) in [6, 6.07) is 4.25. The Kier molecular flexibility index (Phi) is 3.66. The fraction of sp³-hybridized carbons (Fsp3) is 0.333. The molecule has 1 unspecified atom stereocenters. The molecule has 1 saturated heterocycles. The lowest BCUT2D eigenvalue weighted by Crippen LogP contribution is -2.29. The maximum Gasteiger partial charge on any atom is 0.293 e. The van der Waals surface area contributed by atoms with Gasteiger partial charge in [0.15, 0.2) is 0 Å². The fourth-order valence-corrected chi connectivity index (χ4v) is 2.15. The van der Waals surface area contributed by atoms with Gasteiger partial charge in [0.2, 0.25) is 11.8 Å². The standard InChI is InChI=1S/C12H14N4O4/c1-7-4-11(17)15(12(7)18)6-8-2-3-10(16(19)20)9(5-8)14-13/h2-3,5,7,14H,4,6,13H2,1H3. The highest BCUT2D eigenvalue weighted by molar-refractivity contribution is 6.03. The van der Waals surface area contributed by atoms with Crippen molar-refractivity contribution in [2.45, 2.75) is 19.9 Å². The highest BCUT2D eigenvalue weighted by atomic mass is 16.6. The van der Waals surface area contributed by atoms with Gasteiger partial charge in [-0.2, -0.15) is 0 Å². The number of benzene rings is 1. The minimum absolute atomic E-state index is 0.0919. The highest BCUT2D eigenvalue weighted by Crippen LogP contribution is 2.27. The molecule has 1 aromatic carbocycles. The quantitative estimate of drug-likeness (QED) is 0.363. The van der Waals surface area contributed by atoms with Gasteiger partial charge < -0.3 is 5.43 Å². The van der Waals surface area contributed by atoms with Crippen LogP contribution >= 0.6 is 0 Å². The predicted molar refractivity (Wildman–Crippen MR) is 70.2 cm³/mol. The van der Waals surface area contributed by atoms with Gasteiger partial charge in [-0.1, -0.05) is 13.0 Å². The van der Waals surface area contributed by atoms with Gasteiger partial charge in [-0.15, -0.1) is 0 Å². The van der Waals surface area contributed by atoms with Crippen molar-refractivity contribution in [1.82, 2.24) is 4.90 Å². The van der Waals surface area contributed by atoms with Crippen LogP contribution in [0.25, 0.3) is 0 Å². The monoisotopic (exact) mass is 278 g/mol. The van der Waals surface area contributed by atoms with E-state index in [0.29, 0.717) is 5.56 Å². The molecule has 1 atom stereocenters. The zero-order valence-corrected chi connectivity index (χ0v) is 10.8. The molecule has 0 bridgehead atoms. The van der Waals surface area contributed by atoms with E-state index in [-0.39, 0.29) is 42.1 Å². The summed E-state index contributed by atoms with van der Waals surface area (Å²) < 4.78 is 0. The van der Waals surface area contributed by atoms with Crippen molar-refractivity contribution in [2.75, 3.05) is 5.43 Å². The number of hydrazine groups is 1. The van der Waals surface area contributed by atoms with E-state index in [1.165, 1.54) is 18.2 Å². The zero-order valence-electron chi connectivity index (χ0n) is 10.8. The van der Waals surface area contributed by atoms with Crippen molar-refractivity contribution in [3.8, 4) is 0 Å². The normalized spacial score (nSPS) is 18.5. The van der Waals surface area contributed by atoms with Crippen molar-refractivity contribution in [1.29, 1.82) is 0 Å². The molecule has 1 heterocycles. The molecule has 1 aromatic rings. The lowest BCUT2D eigenvalue weighted by Gasteiger charge is -2.15. The van der Waals surface area contributed by atoms with E-state index in [2.05, 4.69) is 5.43 Å². The molecule has 20 heavy (non-hydrogen) atoms. The molecule has 0 saturated carbocycles. The predicted octanol–water partition coefficient (Wildman–Crippen LogP) is 0.775. The Labute approximate surface area is 114 Å². The SMILES string of the molecule is CC1CC(=O)N(Cc2ccc([N+](=O)[O-])c(NN)c2)C1=O. The second kappa shape index (κ2) is 5.25. The molecule has 1 aliphatic rings. The number of nitrogen functional groups attached to an aromatic ring is 1. The van der Waals surface area contributed by atoms with Crippen molar-refractivity contribution in [3.63, 3.8) is 0 Å². The summed E-state index contributed by atoms with van der Waals surface area (Å²) in [6.45, 7) is 1.79. The van der Waals surface area contributed by atoms with Gasteiger partial charge in [0.05, 0.1) is 11.5 Å². The summed E-state index contributed by atoms with van der Waals surface area (Å²) in [7, 11) is 0. The average Bonchev–Trinajstić information content (AvgIpc) is 2.65. The molecule has 8 heteroatoms. The summed E-state index contributed by atoms with van der Waals surface area (Å²) in [4.78, 5) is 34.9. The lowest BCUT2D eigenvalue weighted by atomic mass is 10.1. The van der Waals surface area contributed by atoms with Gasteiger partial charge >= 0.3 is 0 Å². The van der Waals surface area contributed by atoms with Gasteiger partial charge in [0.1, 0.15) is 5.69 Å². The summed E-state index contributed by atoms with van der Waals surface area (Å²) in [5.41, 5.74) is 2.82. The Morgan fingerprint density at radius 2 is 2.20 bits per heavy atom. The number of hydrogen-bond donors (Lipinski definition) is 2. The van der Waals surface area contributed by atoms with Crippen LogP contribution in [0.1, 0.15) is 18.9 Å². The number of nitro benzene ring substituents is 1. The van der Waals surface area contributed by atoms with E-state index in [1.54, 1.807) is 6.92 Å². The van der Waals surface area contributed by atoms with Gasteiger partial charge in [-0.25, -0.2) is 0 Å². The van der Waals surface area contributed by atoms with E-state index < -0.39 is 4.92 Å². The van der Waals surface area contributed by atoms with Crippen LogP contribution < -0.4 is 11.3 Å². The first-order valence-corrected chi connectivity index (χ1v) is 6.02. The Bertz CT molecular complexity index is 587. The molecular formula is C12H14N4O4. The number of carbonyl (C=O) groups excluding carboxylic acids is 2. The molecule has 1 aliphatic heterocycles. The van der Waals surface area contributed by atoms with E-state index in [0.717, 1.165) is 4.90 Å². The van der Waals surface area contributed by atoms with Crippen molar-refractivity contribution < 1.29 is 14.5 Å². The fourth-order valence-electron chi connectivity index (χ4n) is 2.15. The smallest absolute Gasteiger partial charge is 0.293 e. The minimum atomic E-state index is -0.562. The van der Waals surface area contributed by atoms with E-state index in [1.807, 2.05) is 0 Å². The molecule has 8 nitrogen and oxygen atoms in total. The zero-order chi connectivity index (χ0) is 14.9. The number of likely N-dealkylation sites (tertiary alicyclic amines) is 1. The lowest BCUT2D eigenvalue weighted by molar-refractivity contribution is -0.384. The number of nitrogens with two attached hydrogens (primary N) is 1. The Morgan fingerprint density at radius 1 is 1.50 bits per heavy atom. The maximum atomic E-state index is 11.8. The molecule has 0 spiro atoms. The molecule has 2 rings (SSSR count). The maximum absolute atomic E-state index is 11.8. The van der Waals surface area contributed by atoms with E-state index in [4.69, 9.17) is 5.84 Å². The highest BCUT2D eigenvalue weighted by Gasteiger charge is 2.35. The topological polar surface area (TPSA) is 119 Å². The Hall–Kier alpha value is -2.48. The van der Waals surface area contributed by atoms with Gasteiger partial charge in [0.25, 0.3) is 5.69 Å². The summed E-state index contributed by atoms with van der Waals surface area (Å²) in [5, 5.41) is 10.8. The number of anilines is 1. The van der Waals surface area contributed by atoms with E-state index >= 15 is 0 Å². The molecule has 0 aromatic heterocycles. The van der Waals surface area contributed by atoms with Crippen LogP contribution in [-0.2, 0) is 16.1 Å². The second-order valence-electron chi connectivity index (χ2n) is 4.68. The van der Waals surface area contributed by atoms with Crippen molar-refractivity contribution >= 4 is 23.2 Å². The van der Waals surface area contributed by atoms with Crippen LogP contribution in [0.2, 0.25) is 0 Å². The Balaban J connectivity index is 2.24. The second-order valence-corrected chi connectivity index (χ2v) is 4.68. The third-order valence-electron chi connectivity index (χ3n) is 3.22. The number of carbonyl (C=O) groups is 2. The van der Waals surface area contributed by atoms with Crippen molar-refractivity contribution in [2.24, 2.45) is 11.8 Å². The third-order valence-corrected chi connectivity index (χ3v) is 3.22. The number of hydrogen-bond acceptors (Lipinski definition) is 6. The first kappa shape index (κ1) is 13.9. The third kappa shape index (κ3) is 2.45. The first-order chi connectivity index (χ1) is 9.43. The van der Waals surface area contributed by atoms with Gasteiger partial charge in [-0.05, 0) is 11.6 Å². The summed E-state index contributed by atoms with van der Waals surface area (Å²) in [6.07, 6.45) is 0.202. The Morgan fingerprint density at radius 3 is 2.70 bits per heavy atom. The molecule has 106 valence electrons. The number of amides is 2. The first-order valence-electron chi connectivity index (χ1n) is 6.02. The minimum Gasteiger partial charge on any atom is -0.318 e. The number of nitro groups is 1. The summed E-state index contributed by atoms with van der Waals surface area (Å²) in [5.74, 6) is 4.47. The van der Waals surface area contributed by atoms with Crippen LogP contribution in [0, 0.1) is 16.0 Å². The van der Waals surface area contributed by atoms with Crippen LogP contribution in [0.3, 0.4) is 0 Å². The van der Waals surface area contributed by atoms with Crippen molar-refractivity contribution in [3.05, 3.63) is 33.9 Å². The molecule has 2 amide bonds. The molecule has 0 radical (unpaired) electrons.